The molecule has 43 heavy (non-hydrogen) atoms. The van der Waals surface area contributed by atoms with Crippen molar-refractivity contribution in [2.75, 3.05) is 38.5 Å². The van der Waals surface area contributed by atoms with Crippen molar-refractivity contribution in [3.63, 3.8) is 0 Å². The molecule has 0 radical (unpaired) electrons. The molecule has 3 amide bonds. The average molecular weight is 604 g/mol. The van der Waals surface area contributed by atoms with Crippen molar-refractivity contribution in [3.05, 3.63) is 58.9 Å². The van der Waals surface area contributed by atoms with Crippen LogP contribution in [0, 0.1) is 5.92 Å². The van der Waals surface area contributed by atoms with Crippen LogP contribution in [0.2, 0.25) is 0 Å². The summed E-state index contributed by atoms with van der Waals surface area (Å²) in [5.74, 6) is -0.130. The molecule has 1 fully saturated rings. The number of nitrogens with one attached hydrogen (secondary N) is 1. The maximum Gasteiger partial charge on any atom is 0.418 e. The quantitative estimate of drug-likeness (QED) is 0.429. The molecular formula is C31H40F3N5O4. The lowest BCUT2D eigenvalue weighted by Crippen LogP contribution is -2.43. The molecule has 1 aromatic heterocycles. The zero-order valence-electron chi connectivity index (χ0n) is 25.2. The van der Waals surface area contributed by atoms with Crippen LogP contribution in [-0.2, 0) is 40.0 Å². The number of ether oxygens (including phenoxy) is 1. The predicted molar refractivity (Wildman–Crippen MR) is 155 cm³/mol. The van der Waals surface area contributed by atoms with E-state index >= 15 is 0 Å². The number of carbonyl (C=O) groups is 3. The fourth-order valence-corrected chi connectivity index (χ4v) is 5.16. The van der Waals surface area contributed by atoms with Gasteiger partial charge in [-0.05, 0) is 69.4 Å². The summed E-state index contributed by atoms with van der Waals surface area (Å²) in [6, 6.07) is 7.83. The number of halogens is 3. The van der Waals surface area contributed by atoms with E-state index in [1.807, 2.05) is 23.1 Å². The van der Waals surface area contributed by atoms with Crippen molar-refractivity contribution < 1.29 is 32.3 Å². The summed E-state index contributed by atoms with van der Waals surface area (Å²) in [7, 11) is 1.51. The third-order valence-electron chi connectivity index (χ3n) is 7.76. The van der Waals surface area contributed by atoms with Crippen LogP contribution in [0.1, 0.15) is 62.4 Å². The second-order valence-electron chi connectivity index (χ2n) is 12.1. The molecule has 0 bridgehead atoms. The largest absolute Gasteiger partial charge is 0.444 e. The molecule has 0 spiro atoms. The van der Waals surface area contributed by atoms with Gasteiger partial charge in [-0.2, -0.15) is 13.2 Å². The first-order valence-electron chi connectivity index (χ1n) is 14.6. The lowest BCUT2D eigenvalue weighted by molar-refractivity contribution is -0.140. The minimum Gasteiger partial charge on any atom is -0.444 e. The molecule has 0 saturated heterocycles. The fraction of sp³-hybridized carbons (Fsp3) is 0.548. The van der Waals surface area contributed by atoms with Crippen molar-refractivity contribution in [2.24, 2.45) is 5.92 Å². The van der Waals surface area contributed by atoms with Gasteiger partial charge >= 0.3 is 12.3 Å². The number of hydrogen-bond acceptors (Lipinski definition) is 6. The molecule has 1 N–H and O–H groups in total. The van der Waals surface area contributed by atoms with Crippen LogP contribution in [0.15, 0.2) is 36.5 Å². The Kier molecular flexibility index (Phi) is 9.86. The number of rotatable bonds is 9. The summed E-state index contributed by atoms with van der Waals surface area (Å²) >= 11 is 0. The van der Waals surface area contributed by atoms with Gasteiger partial charge in [-0.25, -0.2) is 4.79 Å². The first-order chi connectivity index (χ1) is 20.2. The van der Waals surface area contributed by atoms with Crippen molar-refractivity contribution in [3.8, 4) is 0 Å². The van der Waals surface area contributed by atoms with Gasteiger partial charge in [-0.3, -0.25) is 14.6 Å². The molecule has 0 unspecified atom stereocenters. The van der Waals surface area contributed by atoms with Gasteiger partial charge in [0.25, 0.3) is 0 Å². The molecule has 1 saturated carbocycles. The van der Waals surface area contributed by atoms with E-state index in [0.29, 0.717) is 19.5 Å². The van der Waals surface area contributed by atoms with Gasteiger partial charge in [0.2, 0.25) is 11.8 Å². The number of nitrogens with zero attached hydrogens (tertiary/aromatic N) is 4. The first-order valence-corrected chi connectivity index (χ1v) is 14.6. The van der Waals surface area contributed by atoms with Gasteiger partial charge in [-0.1, -0.05) is 18.6 Å². The maximum absolute atomic E-state index is 13.7. The van der Waals surface area contributed by atoms with Gasteiger partial charge in [0, 0.05) is 51.0 Å². The van der Waals surface area contributed by atoms with Gasteiger partial charge in [0.1, 0.15) is 5.60 Å². The van der Waals surface area contributed by atoms with Crippen LogP contribution in [0.3, 0.4) is 0 Å². The second kappa shape index (κ2) is 13.2. The summed E-state index contributed by atoms with van der Waals surface area (Å²) in [5, 5.41) is 3.17. The van der Waals surface area contributed by atoms with Gasteiger partial charge in [-0.15, -0.1) is 0 Å². The van der Waals surface area contributed by atoms with E-state index in [4.69, 9.17) is 4.74 Å². The number of likely N-dealkylation sites (N-methyl/N-ethyl adjacent to an activating group) is 1. The van der Waals surface area contributed by atoms with E-state index in [1.54, 1.807) is 20.8 Å². The van der Waals surface area contributed by atoms with E-state index in [1.165, 1.54) is 29.1 Å². The van der Waals surface area contributed by atoms with E-state index in [-0.39, 0.29) is 43.7 Å². The number of carbonyl (C=O) groups excluding carboxylic acids is 3. The molecule has 9 nitrogen and oxygen atoms in total. The third kappa shape index (κ3) is 8.39. The molecule has 1 aromatic carbocycles. The molecule has 0 atom stereocenters. The van der Waals surface area contributed by atoms with Crippen LogP contribution in [-0.4, -0.2) is 76.4 Å². The minimum absolute atomic E-state index is 0.0325. The summed E-state index contributed by atoms with van der Waals surface area (Å²) in [6.07, 6.45) is -0.368. The normalized spacial score (nSPS) is 15.3. The Balaban J connectivity index is 1.46. The molecule has 1 aliphatic carbocycles. The summed E-state index contributed by atoms with van der Waals surface area (Å²) in [5.41, 5.74) is 0.859. The predicted octanol–water partition coefficient (Wildman–Crippen LogP) is 5.09. The zero-order valence-corrected chi connectivity index (χ0v) is 25.2. The van der Waals surface area contributed by atoms with Crippen molar-refractivity contribution in [1.82, 2.24) is 19.7 Å². The summed E-state index contributed by atoms with van der Waals surface area (Å²) in [6.45, 7) is 5.74. The van der Waals surface area contributed by atoms with Crippen LogP contribution in [0.5, 0.6) is 0 Å². The molecule has 4 rings (SSSR count). The third-order valence-corrected chi connectivity index (χ3v) is 7.76. The topological polar surface area (TPSA) is 95.1 Å². The Bertz CT molecular complexity index is 1320. The highest BCUT2D eigenvalue weighted by Crippen LogP contribution is 2.33. The smallest absolute Gasteiger partial charge is 0.418 e. The number of alkyl halides is 3. The van der Waals surface area contributed by atoms with Crippen molar-refractivity contribution in [1.29, 1.82) is 0 Å². The van der Waals surface area contributed by atoms with Crippen molar-refractivity contribution in [2.45, 2.75) is 71.3 Å². The van der Waals surface area contributed by atoms with E-state index in [0.717, 1.165) is 42.1 Å². The molecule has 2 heterocycles. The van der Waals surface area contributed by atoms with Crippen LogP contribution in [0.4, 0.5) is 23.7 Å². The fourth-order valence-electron chi connectivity index (χ4n) is 5.16. The molecule has 12 heteroatoms. The maximum atomic E-state index is 13.7. The second-order valence-corrected chi connectivity index (χ2v) is 12.1. The number of amides is 3. The number of aromatic nitrogens is 1. The summed E-state index contributed by atoms with van der Waals surface area (Å²) < 4.78 is 46.5. The highest BCUT2D eigenvalue weighted by molar-refractivity contribution is 5.82. The van der Waals surface area contributed by atoms with E-state index in [9.17, 15) is 27.6 Å². The van der Waals surface area contributed by atoms with Crippen LogP contribution < -0.4 is 5.32 Å². The highest BCUT2D eigenvalue weighted by Gasteiger charge is 2.35. The van der Waals surface area contributed by atoms with E-state index < -0.39 is 29.3 Å². The van der Waals surface area contributed by atoms with Crippen LogP contribution in [0.25, 0.3) is 0 Å². The number of pyridine rings is 1. The van der Waals surface area contributed by atoms with Gasteiger partial charge in [0.15, 0.2) is 0 Å². The minimum atomic E-state index is -4.64. The molecule has 2 aliphatic rings. The Morgan fingerprint density at radius 1 is 1.09 bits per heavy atom. The SMILES string of the molecule is CN(CCN(Cc1ncccc1C(F)(F)F)C(=O)CNc1cccc2c1CCN(C(=O)C1CCC1)C2)C(=O)OC(C)(C)C. The molecule has 2 aromatic rings. The molecular weight excluding hydrogens is 563 g/mol. The van der Waals surface area contributed by atoms with Crippen molar-refractivity contribution >= 4 is 23.6 Å². The number of hydrogen-bond donors (Lipinski definition) is 1. The molecule has 234 valence electrons. The first kappa shape index (κ1) is 32.1. The number of anilines is 1. The number of fused-ring (bicyclic) bond motifs is 1. The molecule has 1 aliphatic heterocycles. The summed E-state index contributed by atoms with van der Waals surface area (Å²) in [4.78, 5) is 47.1. The van der Waals surface area contributed by atoms with E-state index in [2.05, 4.69) is 10.3 Å². The Labute approximate surface area is 250 Å². The van der Waals surface area contributed by atoms with Crippen LogP contribution >= 0.6 is 0 Å². The van der Waals surface area contributed by atoms with Gasteiger partial charge in [0.05, 0.1) is 24.3 Å². The Morgan fingerprint density at radius 3 is 2.49 bits per heavy atom. The lowest BCUT2D eigenvalue weighted by Gasteiger charge is -2.35. The average Bonchev–Trinajstić information content (AvgIpc) is 2.91. The Morgan fingerprint density at radius 2 is 1.84 bits per heavy atom. The monoisotopic (exact) mass is 603 g/mol. The Hall–Kier alpha value is -3.83. The number of benzene rings is 1. The highest BCUT2D eigenvalue weighted by atomic mass is 19.4. The van der Waals surface area contributed by atoms with Gasteiger partial charge < -0.3 is 24.8 Å². The standard InChI is InChI=1S/C31H40F3N5O4/c1-30(2,3)43-29(42)37(4)16-17-38(20-26-24(31(32,33)34)11-7-14-35-26)27(40)18-36-25-12-6-10-22-19-39(15-13-23(22)25)28(41)21-8-5-9-21/h6-7,10-12,14,21,36H,5,8-9,13,15-20H2,1-4H3. The zero-order chi connectivity index (χ0) is 31.4. The lowest BCUT2D eigenvalue weighted by atomic mass is 9.83.